The molecule has 3 N–H and O–H groups in total. The summed E-state index contributed by atoms with van der Waals surface area (Å²) < 4.78 is 5.69. The summed E-state index contributed by atoms with van der Waals surface area (Å²) in [6.07, 6.45) is 7.27. The second-order valence-electron chi connectivity index (χ2n) is 6.87. The summed E-state index contributed by atoms with van der Waals surface area (Å²) in [5.74, 6) is 2.68. The summed E-state index contributed by atoms with van der Waals surface area (Å²) in [4.78, 5) is 35.2. The Balaban J connectivity index is 1.33. The molecule has 0 bridgehead atoms. The van der Waals surface area contributed by atoms with Crippen LogP contribution in [0, 0.1) is 12.3 Å². The van der Waals surface area contributed by atoms with E-state index in [1.54, 1.807) is 30.3 Å². The zero-order chi connectivity index (χ0) is 21.3. The second kappa shape index (κ2) is 10.1. The van der Waals surface area contributed by atoms with Crippen LogP contribution < -0.4 is 20.7 Å². The smallest absolute Gasteiger partial charge is 0.243 e. The van der Waals surface area contributed by atoms with Gasteiger partial charge in [0.15, 0.2) is 0 Å². The quantitative estimate of drug-likeness (QED) is 0.464. The molecule has 1 aliphatic rings. The number of carbonyl (C=O) groups excluding carboxylic acids is 3. The molecular weight excluding hydrogens is 382 g/mol. The van der Waals surface area contributed by atoms with Crippen molar-refractivity contribution < 1.29 is 19.1 Å². The van der Waals surface area contributed by atoms with Gasteiger partial charge in [-0.2, -0.15) is 0 Å². The first-order valence-electron chi connectivity index (χ1n) is 9.72. The van der Waals surface area contributed by atoms with Gasteiger partial charge in [0, 0.05) is 29.8 Å². The predicted octanol–water partition coefficient (Wildman–Crippen LogP) is 2.47. The largest absolute Gasteiger partial charge is 0.494 e. The maximum atomic E-state index is 11.9. The molecule has 3 rings (SSSR count). The molecule has 0 saturated carbocycles. The Morgan fingerprint density at radius 3 is 2.83 bits per heavy atom. The second-order valence-corrected chi connectivity index (χ2v) is 6.87. The van der Waals surface area contributed by atoms with E-state index in [1.807, 2.05) is 12.1 Å². The molecule has 154 valence electrons. The van der Waals surface area contributed by atoms with Crippen LogP contribution in [0.5, 0.6) is 5.75 Å². The number of terminal acetylenes is 1. The highest BCUT2D eigenvalue weighted by molar-refractivity contribution is 5.95. The molecule has 1 aliphatic heterocycles. The number of benzene rings is 2. The number of fused-ring (bicyclic) bond motifs is 1. The maximum Gasteiger partial charge on any atom is 0.243 e. The zero-order valence-corrected chi connectivity index (χ0v) is 16.5. The van der Waals surface area contributed by atoms with Gasteiger partial charge in [-0.15, -0.1) is 6.42 Å². The van der Waals surface area contributed by atoms with Crippen LogP contribution in [0.25, 0.3) is 0 Å². The van der Waals surface area contributed by atoms with Gasteiger partial charge in [0.2, 0.25) is 17.7 Å². The molecule has 0 spiro atoms. The minimum Gasteiger partial charge on any atom is -0.494 e. The fourth-order valence-corrected chi connectivity index (χ4v) is 3.03. The zero-order valence-electron chi connectivity index (χ0n) is 16.5. The number of aryl methyl sites for hydroxylation is 1. The van der Waals surface area contributed by atoms with Crippen LogP contribution >= 0.6 is 0 Å². The average Bonchev–Trinajstić information content (AvgIpc) is 2.75. The van der Waals surface area contributed by atoms with E-state index in [1.165, 1.54) is 0 Å². The monoisotopic (exact) mass is 405 g/mol. The van der Waals surface area contributed by atoms with Crippen molar-refractivity contribution in [3.05, 3.63) is 53.6 Å². The fraction of sp³-hybridized carbons (Fsp3) is 0.261. The molecule has 2 aromatic carbocycles. The molecule has 1 heterocycles. The highest BCUT2D eigenvalue weighted by Crippen LogP contribution is 2.26. The van der Waals surface area contributed by atoms with E-state index in [9.17, 15) is 14.4 Å². The number of anilines is 2. The van der Waals surface area contributed by atoms with Gasteiger partial charge in [0.05, 0.1) is 13.2 Å². The molecule has 0 aromatic heterocycles. The van der Waals surface area contributed by atoms with E-state index < -0.39 is 0 Å². The number of hydrogen-bond donors (Lipinski definition) is 3. The summed E-state index contributed by atoms with van der Waals surface area (Å²) >= 11 is 0. The first-order chi connectivity index (χ1) is 14.5. The summed E-state index contributed by atoms with van der Waals surface area (Å²) in [5.41, 5.74) is 3.12. The van der Waals surface area contributed by atoms with Crippen LogP contribution in [0.3, 0.4) is 0 Å². The van der Waals surface area contributed by atoms with Crippen LogP contribution in [0.15, 0.2) is 42.5 Å². The van der Waals surface area contributed by atoms with Gasteiger partial charge in [-0.25, -0.2) is 0 Å². The minimum absolute atomic E-state index is 0.0250. The van der Waals surface area contributed by atoms with Crippen LogP contribution in [-0.2, 0) is 20.8 Å². The van der Waals surface area contributed by atoms with Gasteiger partial charge in [0.1, 0.15) is 5.75 Å². The fourth-order valence-electron chi connectivity index (χ4n) is 3.03. The Morgan fingerprint density at radius 2 is 2.00 bits per heavy atom. The van der Waals surface area contributed by atoms with Crippen molar-refractivity contribution in [1.29, 1.82) is 0 Å². The summed E-state index contributed by atoms with van der Waals surface area (Å²) in [7, 11) is 0. The van der Waals surface area contributed by atoms with E-state index in [2.05, 4.69) is 21.9 Å². The van der Waals surface area contributed by atoms with Gasteiger partial charge in [-0.05, 0) is 54.8 Å². The lowest BCUT2D eigenvalue weighted by Gasteiger charge is -2.17. The van der Waals surface area contributed by atoms with Gasteiger partial charge in [0.25, 0.3) is 0 Å². The molecule has 2 aromatic rings. The van der Waals surface area contributed by atoms with Crippen LogP contribution in [0.2, 0.25) is 0 Å². The van der Waals surface area contributed by atoms with Gasteiger partial charge in [-0.1, -0.05) is 12.0 Å². The Labute approximate surface area is 175 Å². The molecule has 0 saturated heterocycles. The minimum atomic E-state index is -0.324. The summed E-state index contributed by atoms with van der Waals surface area (Å²) in [6, 6.07) is 12.5. The van der Waals surface area contributed by atoms with Crippen molar-refractivity contribution in [3.63, 3.8) is 0 Å². The number of hydrogen-bond acceptors (Lipinski definition) is 4. The van der Waals surface area contributed by atoms with E-state index >= 15 is 0 Å². The average molecular weight is 405 g/mol. The Morgan fingerprint density at radius 1 is 1.13 bits per heavy atom. The molecule has 0 atom stereocenters. The summed E-state index contributed by atoms with van der Waals surface area (Å²) in [6.45, 7) is 0.264. The van der Waals surface area contributed by atoms with E-state index in [0.717, 1.165) is 11.3 Å². The third kappa shape index (κ3) is 6.11. The van der Waals surface area contributed by atoms with Crippen molar-refractivity contribution in [2.75, 3.05) is 23.8 Å². The third-order valence-corrected chi connectivity index (χ3v) is 4.55. The van der Waals surface area contributed by atoms with Crippen LogP contribution in [-0.4, -0.2) is 30.9 Å². The lowest BCUT2D eigenvalue weighted by atomic mass is 10.0. The SMILES string of the molecule is C#Cc1cccc(NC(=O)CNC(=O)CCCOc2ccc3c(c2)CCC(=O)N3)c1. The van der Waals surface area contributed by atoms with Crippen molar-refractivity contribution in [1.82, 2.24) is 5.32 Å². The first-order valence-corrected chi connectivity index (χ1v) is 9.72. The Bertz CT molecular complexity index is 994. The molecule has 30 heavy (non-hydrogen) atoms. The molecule has 0 fully saturated rings. The molecule has 3 amide bonds. The van der Waals surface area contributed by atoms with Gasteiger partial charge < -0.3 is 20.7 Å². The van der Waals surface area contributed by atoms with Crippen LogP contribution in [0.1, 0.15) is 30.4 Å². The number of rotatable bonds is 8. The van der Waals surface area contributed by atoms with Crippen molar-refractivity contribution in [2.45, 2.75) is 25.7 Å². The number of nitrogens with one attached hydrogen (secondary N) is 3. The highest BCUT2D eigenvalue weighted by Gasteiger charge is 2.15. The molecule has 7 nitrogen and oxygen atoms in total. The number of ether oxygens (including phenoxy) is 1. The maximum absolute atomic E-state index is 11.9. The molecular formula is C23H23N3O4. The van der Waals surface area contributed by atoms with Gasteiger partial charge in [-0.3, -0.25) is 14.4 Å². The third-order valence-electron chi connectivity index (χ3n) is 4.55. The highest BCUT2D eigenvalue weighted by atomic mass is 16.5. The summed E-state index contributed by atoms with van der Waals surface area (Å²) in [5, 5.41) is 8.10. The van der Waals surface area contributed by atoms with E-state index in [4.69, 9.17) is 11.2 Å². The first kappa shape index (κ1) is 20.9. The van der Waals surface area contributed by atoms with Crippen LogP contribution in [0.4, 0.5) is 11.4 Å². The van der Waals surface area contributed by atoms with E-state index in [-0.39, 0.29) is 30.7 Å². The topological polar surface area (TPSA) is 96.5 Å². The van der Waals surface area contributed by atoms with E-state index in [0.29, 0.717) is 42.9 Å². The molecule has 7 heteroatoms. The van der Waals surface area contributed by atoms with Gasteiger partial charge >= 0.3 is 0 Å². The normalized spacial score (nSPS) is 12.2. The lowest BCUT2D eigenvalue weighted by Crippen LogP contribution is -2.32. The standard InChI is InChI=1S/C23H23N3O4/c1-2-16-5-3-6-18(13-16)25-23(29)15-24-21(27)7-4-12-30-19-9-10-20-17(14-19)8-11-22(28)26-20/h1,3,5-6,9-10,13-14H,4,7-8,11-12,15H2,(H,24,27)(H,25,29)(H,26,28). The molecule has 0 unspecified atom stereocenters. The number of carbonyl (C=O) groups is 3. The molecule has 0 radical (unpaired) electrons. The predicted molar refractivity (Wildman–Crippen MR) is 114 cm³/mol. The van der Waals surface area contributed by atoms with Crippen molar-refractivity contribution in [3.8, 4) is 18.1 Å². The van der Waals surface area contributed by atoms with Crippen molar-refractivity contribution in [2.24, 2.45) is 0 Å². The Kier molecular flexibility index (Phi) is 7.06. The molecule has 0 aliphatic carbocycles. The number of amides is 3. The lowest BCUT2D eigenvalue weighted by molar-refractivity contribution is -0.124. The van der Waals surface area contributed by atoms with Crippen molar-refractivity contribution >= 4 is 29.1 Å². The Hall–Kier alpha value is -3.79.